The summed E-state index contributed by atoms with van der Waals surface area (Å²) in [4.78, 5) is 2.47. The van der Waals surface area contributed by atoms with Crippen LogP contribution in [0.4, 0.5) is 5.69 Å². The van der Waals surface area contributed by atoms with Gasteiger partial charge in [-0.25, -0.2) is 0 Å². The number of benzene rings is 1. The van der Waals surface area contributed by atoms with Gasteiger partial charge in [0.1, 0.15) is 0 Å². The zero-order chi connectivity index (χ0) is 14.9. The minimum absolute atomic E-state index is 0.245. The van der Waals surface area contributed by atoms with Crippen molar-refractivity contribution in [2.75, 3.05) is 18.0 Å². The van der Waals surface area contributed by atoms with Gasteiger partial charge < -0.3 is 10.2 Å². The fourth-order valence-electron chi connectivity index (χ4n) is 2.74. The highest BCUT2D eigenvalue weighted by Crippen LogP contribution is 2.34. The van der Waals surface area contributed by atoms with Crippen molar-refractivity contribution in [2.24, 2.45) is 5.41 Å². The Kier molecular flexibility index (Phi) is 5.04. The highest BCUT2D eigenvalue weighted by atomic mass is 79.9. The Balaban J connectivity index is 2.32. The molecule has 0 radical (unpaired) electrons. The Morgan fingerprint density at radius 3 is 2.70 bits per heavy atom. The molecule has 1 aromatic rings. The lowest BCUT2D eigenvalue weighted by atomic mass is 9.84. The molecule has 1 N–H and O–H groups in total. The van der Waals surface area contributed by atoms with E-state index < -0.39 is 0 Å². The third-order valence-electron chi connectivity index (χ3n) is 4.15. The third kappa shape index (κ3) is 3.49. The summed E-state index contributed by atoms with van der Waals surface area (Å²) in [6, 6.07) is 7.08. The molecule has 2 atom stereocenters. The van der Waals surface area contributed by atoms with Gasteiger partial charge in [-0.2, -0.15) is 0 Å². The molecule has 0 saturated carbocycles. The minimum Gasteiger partial charge on any atom is -0.364 e. The van der Waals surface area contributed by atoms with E-state index in [1.165, 1.54) is 0 Å². The minimum atomic E-state index is 0.245. The highest BCUT2D eigenvalue weighted by molar-refractivity contribution is 9.10. The predicted molar refractivity (Wildman–Crippen MR) is 91.8 cm³/mol. The second-order valence-electron chi connectivity index (χ2n) is 6.64. The fourth-order valence-corrected chi connectivity index (χ4v) is 3.32. The van der Waals surface area contributed by atoms with E-state index in [-0.39, 0.29) is 5.41 Å². The van der Waals surface area contributed by atoms with Crippen molar-refractivity contribution in [3.63, 3.8) is 0 Å². The number of nitrogens with zero attached hydrogens (tertiary/aromatic N) is 1. The molecule has 1 heterocycles. The average molecular weight is 360 g/mol. The van der Waals surface area contributed by atoms with Gasteiger partial charge in [0, 0.05) is 29.6 Å². The zero-order valence-corrected chi connectivity index (χ0v) is 15.1. The van der Waals surface area contributed by atoms with E-state index in [1.54, 1.807) is 0 Å². The zero-order valence-electron chi connectivity index (χ0n) is 12.7. The van der Waals surface area contributed by atoms with Crippen molar-refractivity contribution < 1.29 is 0 Å². The summed E-state index contributed by atoms with van der Waals surface area (Å²) >= 11 is 9.99. The summed E-state index contributed by atoms with van der Waals surface area (Å²) in [6.07, 6.45) is 1.12. The van der Waals surface area contributed by atoms with Crippen LogP contribution in [0.3, 0.4) is 0 Å². The van der Waals surface area contributed by atoms with Crippen molar-refractivity contribution in [3.8, 4) is 0 Å². The molecule has 0 amide bonds. The molecule has 1 aliphatic rings. The van der Waals surface area contributed by atoms with Crippen LogP contribution in [0.15, 0.2) is 22.7 Å². The van der Waals surface area contributed by atoms with Crippen LogP contribution in [0.1, 0.15) is 34.1 Å². The first-order valence-corrected chi connectivity index (χ1v) is 8.45. The summed E-state index contributed by atoms with van der Waals surface area (Å²) in [5.41, 5.74) is 1.39. The van der Waals surface area contributed by atoms with Gasteiger partial charge in [0.05, 0.1) is 10.7 Å². The largest absolute Gasteiger partial charge is 0.364 e. The first kappa shape index (κ1) is 16.1. The van der Waals surface area contributed by atoms with Gasteiger partial charge in [-0.05, 0) is 30.0 Å². The molecular formula is C16H24BrClN2. The van der Waals surface area contributed by atoms with E-state index in [9.17, 15) is 0 Å². The molecule has 4 heteroatoms. The van der Waals surface area contributed by atoms with Gasteiger partial charge in [0.25, 0.3) is 0 Å². The number of nitrogens with one attached hydrogen (secondary N) is 1. The molecule has 0 bridgehead atoms. The number of halogens is 2. The topological polar surface area (TPSA) is 15.3 Å². The van der Waals surface area contributed by atoms with E-state index in [4.69, 9.17) is 11.6 Å². The highest BCUT2D eigenvalue weighted by Gasteiger charge is 2.34. The summed E-state index contributed by atoms with van der Waals surface area (Å²) < 4.78 is 1.08. The van der Waals surface area contributed by atoms with Crippen LogP contribution in [-0.2, 0) is 0 Å². The molecule has 0 spiro atoms. The average Bonchev–Trinajstić information content (AvgIpc) is 2.40. The quantitative estimate of drug-likeness (QED) is 0.823. The van der Waals surface area contributed by atoms with Gasteiger partial charge in [0.15, 0.2) is 0 Å². The van der Waals surface area contributed by atoms with Crippen LogP contribution < -0.4 is 10.2 Å². The monoisotopic (exact) mass is 358 g/mol. The predicted octanol–water partition coefficient (Wildman–Crippen LogP) is 4.71. The SMILES string of the molecule is CCC1CNC(C(C)(C)C)CN1c1cc(Br)ccc1Cl. The Morgan fingerprint density at radius 1 is 1.40 bits per heavy atom. The van der Waals surface area contributed by atoms with Gasteiger partial charge in [-0.15, -0.1) is 0 Å². The van der Waals surface area contributed by atoms with Gasteiger partial charge in [-0.3, -0.25) is 0 Å². The lowest BCUT2D eigenvalue weighted by Gasteiger charge is -2.46. The number of rotatable bonds is 2. The van der Waals surface area contributed by atoms with E-state index in [2.05, 4.69) is 59.9 Å². The van der Waals surface area contributed by atoms with Crippen molar-refractivity contribution in [1.82, 2.24) is 5.32 Å². The van der Waals surface area contributed by atoms with Crippen molar-refractivity contribution in [2.45, 2.75) is 46.2 Å². The summed E-state index contributed by atoms with van der Waals surface area (Å²) in [5.74, 6) is 0. The van der Waals surface area contributed by atoms with Crippen molar-refractivity contribution >= 4 is 33.2 Å². The molecule has 0 aromatic heterocycles. The van der Waals surface area contributed by atoms with E-state index in [1.807, 2.05) is 12.1 Å². The van der Waals surface area contributed by atoms with Crippen molar-refractivity contribution in [1.29, 1.82) is 0 Å². The molecule has 1 fully saturated rings. The number of anilines is 1. The molecular weight excluding hydrogens is 336 g/mol. The van der Waals surface area contributed by atoms with E-state index >= 15 is 0 Å². The molecule has 2 nitrogen and oxygen atoms in total. The number of hydrogen-bond acceptors (Lipinski definition) is 2. The lowest BCUT2D eigenvalue weighted by molar-refractivity contribution is 0.233. The number of piperazine rings is 1. The standard InChI is InChI=1S/C16H24BrClN2/c1-5-12-9-19-15(16(2,3)4)10-20(12)14-8-11(17)6-7-13(14)18/h6-8,12,15,19H,5,9-10H2,1-4H3. The van der Waals surface area contributed by atoms with Crippen LogP contribution in [0.5, 0.6) is 0 Å². The Morgan fingerprint density at radius 2 is 2.10 bits per heavy atom. The first-order chi connectivity index (χ1) is 9.32. The van der Waals surface area contributed by atoms with Gasteiger partial charge in [0.2, 0.25) is 0 Å². The molecule has 1 aliphatic heterocycles. The molecule has 1 aromatic carbocycles. The molecule has 1 saturated heterocycles. The van der Waals surface area contributed by atoms with Gasteiger partial charge >= 0.3 is 0 Å². The van der Waals surface area contributed by atoms with Gasteiger partial charge in [-0.1, -0.05) is 55.2 Å². The second-order valence-corrected chi connectivity index (χ2v) is 7.96. The molecule has 20 heavy (non-hydrogen) atoms. The van der Waals surface area contributed by atoms with Crippen LogP contribution in [-0.4, -0.2) is 25.2 Å². The van der Waals surface area contributed by atoms with Crippen LogP contribution in [0.25, 0.3) is 0 Å². The lowest BCUT2D eigenvalue weighted by Crippen LogP contribution is -2.60. The normalized spacial score (nSPS) is 24.0. The van der Waals surface area contributed by atoms with Crippen molar-refractivity contribution in [3.05, 3.63) is 27.7 Å². The Hall–Kier alpha value is -0.250. The molecule has 2 rings (SSSR count). The number of hydrogen-bond donors (Lipinski definition) is 1. The third-order valence-corrected chi connectivity index (χ3v) is 4.97. The van der Waals surface area contributed by atoms with E-state index in [0.717, 1.165) is 34.7 Å². The molecule has 112 valence electrons. The molecule has 0 aliphatic carbocycles. The second kappa shape index (κ2) is 6.25. The first-order valence-electron chi connectivity index (χ1n) is 7.28. The van der Waals surface area contributed by atoms with Crippen LogP contribution >= 0.6 is 27.5 Å². The fraction of sp³-hybridized carbons (Fsp3) is 0.625. The summed E-state index contributed by atoms with van der Waals surface area (Å²) in [6.45, 7) is 11.1. The maximum absolute atomic E-state index is 6.43. The smallest absolute Gasteiger partial charge is 0.0640 e. The maximum atomic E-state index is 6.43. The maximum Gasteiger partial charge on any atom is 0.0640 e. The van der Waals surface area contributed by atoms with Crippen LogP contribution in [0, 0.1) is 5.41 Å². The summed E-state index contributed by atoms with van der Waals surface area (Å²) in [5, 5.41) is 4.53. The van der Waals surface area contributed by atoms with Crippen LogP contribution in [0.2, 0.25) is 5.02 Å². The Bertz CT molecular complexity index is 470. The summed E-state index contributed by atoms with van der Waals surface area (Å²) in [7, 11) is 0. The Labute approximate surface area is 136 Å². The molecule has 2 unspecified atom stereocenters. The van der Waals surface area contributed by atoms with E-state index in [0.29, 0.717) is 12.1 Å².